The van der Waals surface area contributed by atoms with Crippen LogP contribution in [0.1, 0.15) is 21.3 Å². The third kappa shape index (κ3) is 2.83. The second-order valence-electron chi connectivity index (χ2n) is 2.47. The largest absolute Gasteiger partial charge is 2.00 e. The number of aliphatic carboxylic acids is 1. The van der Waals surface area contributed by atoms with Crippen molar-refractivity contribution >= 4 is 29.0 Å². The van der Waals surface area contributed by atoms with Gasteiger partial charge in [-0.25, -0.2) is 0 Å². The van der Waals surface area contributed by atoms with Crippen LogP contribution in [0.2, 0.25) is 0 Å². The zero-order valence-corrected chi connectivity index (χ0v) is 8.44. The summed E-state index contributed by atoms with van der Waals surface area (Å²) < 4.78 is 0. The summed E-state index contributed by atoms with van der Waals surface area (Å²) in [5, 5.41) is 8.64. The van der Waals surface area contributed by atoms with Gasteiger partial charge in [-0.3, -0.25) is 4.79 Å². The van der Waals surface area contributed by atoms with Gasteiger partial charge in [-0.15, -0.1) is 0 Å². The van der Waals surface area contributed by atoms with Crippen LogP contribution >= 0.6 is 0 Å². The summed E-state index contributed by atoms with van der Waals surface area (Å²) in [6.45, 7) is 1.68. The molecule has 0 amide bonds. The number of benzene rings is 1. The maximum Gasteiger partial charge on any atom is 2.00 e. The molecular weight excluding hydrogens is 164 g/mol. The van der Waals surface area contributed by atoms with Gasteiger partial charge in [0.15, 0.2) is 0 Å². The van der Waals surface area contributed by atoms with Crippen molar-refractivity contribution in [3.8, 4) is 0 Å². The standard InChI is InChI=1S/C9H10O2.Mg.2H/c1-7(9(10)11)8-5-3-2-4-6-8;;;/h2-7H,1H3,(H,10,11);;;/q;+2;2*-1. The predicted octanol–water partition coefficient (Wildman–Crippen LogP) is 1.72. The molecule has 0 aromatic heterocycles. The first kappa shape index (κ1) is 11.5. The van der Waals surface area contributed by atoms with E-state index in [1.165, 1.54) is 0 Å². The quantitative estimate of drug-likeness (QED) is 0.697. The maximum atomic E-state index is 10.5. The van der Waals surface area contributed by atoms with Crippen molar-refractivity contribution in [3.63, 3.8) is 0 Å². The SMILES string of the molecule is CC(C(=O)O)c1ccccc1.[H-].[H-].[Mg+2]. The number of carboxylic acids is 1. The minimum absolute atomic E-state index is 0. The molecule has 0 aliphatic heterocycles. The van der Waals surface area contributed by atoms with Crippen molar-refractivity contribution in [2.24, 2.45) is 0 Å². The molecule has 0 saturated carbocycles. The summed E-state index contributed by atoms with van der Waals surface area (Å²) in [7, 11) is 0. The van der Waals surface area contributed by atoms with E-state index in [1.807, 2.05) is 30.3 Å². The molecular formula is C9H12MgO2. The fourth-order valence-electron chi connectivity index (χ4n) is 0.884. The zero-order valence-electron chi connectivity index (χ0n) is 9.03. The van der Waals surface area contributed by atoms with Crippen LogP contribution in [0.3, 0.4) is 0 Å². The molecule has 0 saturated heterocycles. The van der Waals surface area contributed by atoms with E-state index in [0.717, 1.165) is 5.56 Å². The second-order valence-corrected chi connectivity index (χ2v) is 2.47. The Bertz CT molecular complexity index is 254. The van der Waals surface area contributed by atoms with Gasteiger partial charge in [0.2, 0.25) is 0 Å². The van der Waals surface area contributed by atoms with Crippen molar-refractivity contribution in [2.75, 3.05) is 0 Å². The molecule has 1 aromatic rings. The fraction of sp³-hybridized carbons (Fsp3) is 0.222. The van der Waals surface area contributed by atoms with Gasteiger partial charge in [-0.05, 0) is 12.5 Å². The van der Waals surface area contributed by atoms with E-state index in [1.54, 1.807) is 6.92 Å². The van der Waals surface area contributed by atoms with Crippen LogP contribution in [0, 0.1) is 0 Å². The molecule has 0 spiro atoms. The van der Waals surface area contributed by atoms with Crippen LogP contribution in [-0.4, -0.2) is 34.1 Å². The fourth-order valence-corrected chi connectivity index (χ4v) is 0.884. The summed E-state index contributed by atoms with van der Waals surface area (Å²) in [6.07, 6.45) is 0. The predicted molar refractivity (Wildman–Crippen MR) is 50.5 cm³/mol. The molecule has 0 aliphatic rings. The Hall–Kier alpha value is -0.544. The van der Waals surface area contributed by atoms with Gasteiger partial charge < -0.3 is 7.96 Å². The van der Waals surface area contributed by atoms with Gasteiger partial charge in [0.25, 0.3) is 0 Å². The molecule has 1 rings (SSSR count). The molecule has 3 heteroatoms. The Kier molecular flexibility index (Phi) is 4.93. The van der Waals surface area contributed by atoms with E-state index in [2.05, 4.69) is 0 Å². The van der Waals surface area contributed by atoms with Gasteiger partial charge in [0.1, 0.15) is 0 Å². The molecule has 1 aromatic carbocycles. The molecule has 0 bridgehead atoms. The molecule has 2 nitrogen and oxygen atoms in total. The van der Waals surface area contributed by atoms with Crippen LogP contribution in [0.25, 0.3) is 0 Å². The summed E-state index contributed by atoms with van der Waals surface area (Å²) in [5.74, 6) is -1.19. The van der Waals surface area contributed by atoms with Crippen molar-refractivity contribution in [3.05, 3.63) is 35.9 Å². The number of hydrogen-bond donors (Lipinski definition) is 1. The van der Waals surface area contributed by atoms with Gasteiger partial charge in [-0.1, -0.05) is 30.3 Å². The van der Waals surface area contributed by atoms with Gasteiger partial charge in [-0.2, -0.15) is 0 Å². The van der Waals surface area contributed by atoms with E-state index in [-0.39, 0.29) is 25.9 Å². The van der Waals surface area contributed by atoms with Crippen molar-refractivity contribution in [1.29, 1.82) is 0 Å². The summed E-state index contributed by atoms with van der Waals surface area (Å²) in [5.41, 5.74) is 0.847. The van der Waals surface area contributed by atoms with Crippen molar-refractivity contribution in [1.82, 2.24) is 0 Å². The molecule has 0 fully saturated rings. The Morgan fingerprint density at radius 3 is 2.33 bits per heavy atom. The molecule has 12 heavy (non-hydrogen) atoms. The van der Waals surface area contributed by atoms with Crippen LogP contribution in [-0.2, 0) is 4.79 Å². The summed E-state index contributed by atoms with van der Waals surface area (Å²) >= 11 is 0. The average Bonchev–Trinajstić information content (AvgIpc) is 2.05. The number of carboxylic acid groups (broad SMARTS) is 1. The van der Waals surface area contributed by atoms with E-state index in [9.17, 15) is 4.79 Å². The Morgan fingerprint density at radius 1 is 1.42 bits per heavy atom. The molecule has 62 valence electrons. The number of rotatable bonds is 2. The van der Waals surface area contributed by atoms with Crippen LogP contribution < -0.4 is 0 Å². The third-order valence-electron chi connectivity index (χ3n) is 1.67. The topological polar surface area (TPSA) is 37.3 Å². The van der Waals surface area contributed by atoms with E-state index >= 15 is 0 Å². The number of hydrogen-bond acceptors (Lipinski definition) is 1. The first-order chi connectivity index (χ1) is 5.22. The molecule has 1 atom stereocenters. The molecule has 0 aliphatic carbocycles. The van der Waals surface area contributed by atoms with E-state index < -0.39 is 11.9 Å². The zero-order chi connectivity index (χ0) is 8.27. The Balaban J connectivity index is -0.000000403. The molecule has 1 unspecified atom stereocenters. The Labute approximate surface area is 90.7 Å². The van der Waals surface area contributed by atoms with Gasteiger partial charge in [0.05, 0.1) is 5.92 Å². The first-order valence-corrected chi connectivity index (χ1v) is 3.49. The molecule has 0 heterocycles. The maximum absolute atomic E-state index is 10.5. The van der Waals surface area contributed by atoms with Crippen molar-refractivity contribution in [2.45, 2.75) is 12.8 Å². The second kappa shape index (κ2) is 5.16. The molecule has 0 radical (unpaired) electrons. The monoisotopic (exact) mass is 176 g/mol. The van der Waals surface area contributed by atoms with E-state index in [0.29, 0.717) is 0 Å². The van der Waals surface area contributed by atoms with Crippen LogP contribution in [0.5, 0.6) is 0 Å². The molecule has 1 N–H and O–H groups in total. The van der Waals surface area contributed by atoms with Crippen LogP contribution in [0.15, 0.2) is 30.3 Å². The summed E-state index contributed by atoms with van der Waals surface area (Å²) in [6, 6.07) is 9.19. The number of carbonyl (C=O) groups is 1. The van der Waals surface area contributed by atoms with Crippen molar-refractivity contribution < 1.29 is 12.8 Å². The summed E-state index contributed by atoms with van der Waals surface area (Å²) in [4.78, 5) is 10.5. The first-order valence-electron chi connectivity index (χ1n) is 3.49. The van der Waals surface area contributed by atoms with Gasteiger partial charge >= 0.3 is 29.0 Å². The van der Waals surface area contributed by atoms with Gasteiger partial charge in [0, 0.05) is 0 Å². The minimum Gasteiger partial charge on any atom is -1.00 e. The Morgan fingerprint density at radius 2 is 1.92 bits per heavy atom. The average molecular weight is 176 g/mol. The third-order valence-corrected chi connectivity index (χ3v) is 1.67. The van der Waals surface area contributed by atoms with Crippen LogP contribution in [0.4, 0.5) is 0 Å². The van der Waals surface area contributed by atoms with E-state index in [4.69, 9.17) is 5.11 Å². The smallest absolute Gasteiger partial charge is 1.00 e. The normalized spacial score (nSPS) is 11.4. The minimum atomic E-state index is -0.781.